The summed E-state index contributed by atoms with van der Waals surface area (Å²) in [6, 6.07) is 15.7. The summed E-state index contributed by atoms with van der Waals surface area (Å²) in [5.41, 5.74) is 1.69. The maximum Gasteiger partial charge on any atom is 0.338 e. The molecule has 0 saturated carbocycles. The second kappa shape index (κ2) is 8.44. The van der Waals surface area contributed by atoms with Gasteiger partial charge in [0.15, 0.2) is 0 Å². The summed E-state index contributed by atoms with van der Waals surface area (Å²) in [5, 5.41) is 2.80. The van der Waals surface area contributed by atoms with Crippen molar-refractivity contribution in [1.29, 1.82) is 0 Å². The van der Waals surface area contributed by atoms with Gasteiger partial charge in [0.05, 0.1) is 26.2 Å². The van der Waals surface area contributed by atoms with Crippen molar-refractivity contribution < 1.29 is 18.8 Å². The largest absolute Gasteiger partial charge is 0.456 e. The highest BCUT2D eigenvalue weighted by molar-refractivity contribution is 6.04. The van der Waals surface area contributed by atoms with Crippen molar-refractivity contribution in [2.75, 3.05) is 39.1 Å². The summed E-state index contributed by atoms with van der Waals surface area (Å²) in [4.78, 5) is 24.1. The summed E-state index contributed by atoms with van der Waals surface area (Å²) < 4.78 is 6.12. The molecule has 0 aliphatic carbocycles. The summed E-state index contributed by atoms with van der Waals surface area (Å²) in [6.45, 7) is 4.23. The van der Waals surface area contributed by atoms with Gasteiger partial charge in [0.2, 0.25) is 0 Å². The van der Waals surface area contributed by atoms with E-state index in [9.17, 15) is 9.59 Å². The van der Waals surface area contributed by atoms with Gasteiger partial charge >= 0.3 is 5.97 Å². The summed E-state index contributed by atoms with van der Waals surface area (Å²) in [6.07, 6.45) is 0. The average Bonchev–Trinajstić information content (AvgIpc) is 2.63. The molecule has 0 fully saturated rings. The number of anilines is 1. The number of nitrogens with one attached hydrogen (secondary N) is 1. The third-order valence-corrected chi connectivity index (χ3v) is 4.20. The third kappa shape index (κ3) is 5.72. The van der Waals surface area contributed by atoms with Crippen molar-refractivity contribution in [2.45, 2.75) is 6.92 Å². The van der Waals surface area contributed by atoms with E-state index >= 15 is 0 Å². The van der Waals surface area contributed by atoms with E-state index in [-0.39, 0.29) is 11.9 Å². The van der Waals surface area contributed by atoms with Crippen LogP contribution < -0.4 is 5.32 Å². The Bertz CT molecular complexity index is 709. The van der Waals surface area contributed by atoms with Crippen LogP contribution >= 0.6 is 0 Å². The van der Waals surface area contributed by atoms with Crippen molar-refractivity contribution >= 4 is 17.6 Å². The van der Waals surface area contributed by atoms with Gasteiger partial charge in [0.25, 0.3) is 5.91 Å². The fraction of sp³-hybridized carbons (Fsp3) is 0.300. The molecule has 132 valence electrons. The Morgan fingerprint density at radius 3 is 2.20 bits per heavy atom. The average molecular weight is 341 g/mol. The molecule has 2 aromatic rings. The van der Waals surface area contributed by atoms with E-state index in [0.717, 1.165) is 17.6 Å². The van der Waals surface area contributed by atoms with Crippen LogP contribution in [0.3, 0.4) is 0 Å². The number of benzene rings is 2. The third-order valence-electron chi connectivity index (χ3n) is 4.20. The van der Waals surface area contributed by atoms with Gasteiger partial charge in [-0.05, 0) is 43.3 Å². The number of amides is 1. The highest BCUT2D eigenvalue weighted by Gasteiger charge is 2.14. The minimum absolute atomic E-state index is 0.185. The Hall–Kier alpha value is -2.66. The maximum atomic E-state index is 12.1. The Morgan fingerprint density at radius 1 is 0.960 bits per heavy atom. The minimum Gasteiger partial charge on any atom is -0.456 e. The molecular weight excluding hydrogens is 316 g/mol. The molecular formula is C20H25N2O3+. The molecule has 0 atom stereocenters. The lowest BCUT2D eigenvalue weighted by atomic mass is 10.2. The lowest BCUT2D eigenvalue weighted by molar-refractivity contribution is -0.888. The van der Waals surface area contributed by atoms with Crippen LogP contribution in [-0.2, 0) is 4.74 Å². The van der Waals surface area contributed by atoms with Crippen LogP contribution in [0.1, 0.15) is 27.6 Å². The van der Waals surface area contributed by atoms with Gasteiger partial charge in [0, 0.05) is 11.3 Å². The Kier molecular flexibility index (Phi) is 6.31. The fourth-order valence-electron chi connectivity index (χ4n) is 2.11. The summed E-state index contributed by atoms with van der Waals surface area (Å²) in [7, 11) is 4.19. The lowest BCUT2D eigenvalue weighted by Gasteiger charge is -2.27. The van der Waals surface area contributed by atoms with E-state index in [2.05, 4.69) is 26.3 Å². The number of hydrogen-bond acceptors (Lipinski definition) is 3. The molecule has 25 heavy (non-hydrogen) atoms. The van der Waals surface area contributed by atoms with Gasteiger partial charge in [-0.3, -0.25) is 4.79 Å². The molecule has 2 aromatic carbocycles. The molecule has 0 radical (unpaired) electrons. The van der Waals surface area contributed by atoms with Crippen molar-refractivity contribution in [2.24, 2.45) is 0 Å². The molecule has 1 amide bonds. The first-order chi connectivity index (χ1) is 11.9. The Balaban J connectivity index is 1.89. The molecule has 1 N–H and O–H groups in total. The number of hydrogen-bond donors (Lipinski definition) is 1. The molecule has 5 heteroatoms. The summed E-state index contributed by atoms with van der Waals surface area (Å²) in [5.74, 6) is -0.535. The molecule has 0 bridgehead atoms. The molecule has 0 heterocycles. The van der Waals surface area contributed by atoms with Gasteiger partial charge < -0.3 is 14.5 Å². The van der Waals surface area contributed by atoms with Crippen LogP contribution in [0.4, 0.5) is 5.69 Å². The Morgan fingerprint density at radius 2 is 1.60 bits per heavy atom. The number of nitrogens with zero attached hydrogens (tertiary/aromatic N) is 1. The van der Waals surface area contributed by atoms with Crippen LogP contribution in [-0.4, -0.2) is 50.2 Å². The van der Waals surface area contributed by atoms with Gasteiger partial charge in [-0.2, -0.15) is 0 Å². The van der Waals surface area contributed by atoms with E-state index < -0.39 is 0 Å². The van der Waals surface area contributed by atoms with Crippen LogP contribution in [0, 0.1) is 0 Å². The predicted octanol–water partition coefficient (Wildman–Crippen LogP) is 3.19. The lowest BCUT2D eigenvalue weighted by Crippen LogP contribution is -2.42. The second-order valence-electron chi connectivity index (χ2n) is 6.51. The van der Waals surface area contributed by atoms with Crippen molar-refractivity contribution in [1.82, 2.24) is 0 Å². The molecule has 0 aliphatic rings. The van der Waals surface area contributed by atoms with E-state index in [1.54, 1.807) is 36.4 Å². The number of carbonyl (C=O) groups excluding carboxylic acids is 2. The fourth-order valence-corrected chi connectivity index (χ4v) is 2.11. The monoisotopic (exact) mass is 341 g/mol. The van der Waals surface area contributed by atoms with E-state index in [1.165, 1.54) is 0 Å². The minimum atomic E-state index is -0.350. The van der Waals surface area contributed by atoms with Gasteiger partial charge in [-0.25, -0.2) is 4.79 Å². The number of carbonyl (C=O) groups is 2. The van der Waals surface area contributed by atoms with Crippen LogP contribution in [0.5, 0.6) is 0 Å². The highest BCUT2D eigenvalue weighted by atomic mass is 16.5. The summed E-state index contributed by atoms with van der Waals surface area (Å²) >= 11 is 0. The number of likely N-dealkylation sites (N-methyl/N-ethyl adjacent to an activating group) is 1. The molecule has 0 aliphatic heterocycles. The number of quaternary nitrogens is 1. The van der Waals surface area contributed by atoms with E-state index in [0.29, 0.717) is 23.4 Å². The van der Waals surface area contributed by atoms with E-state index in [1.807, 2.05) is 18.2 Å². The zero-order valence-electron chi connectivity index (χ0n) is 15.0. The first-order valence-corrected chi connectivity index (χ1v) is 8.37. The SMILES string of the molecule is CC[N+](C)(C)CCOC(=O)c1ccc(NC(=O)c2ccccc2)cc1. The molecule has 2 rings (SSSR count). The zero-order valence-corrected chi connectivity index (χ0v) is 15.0. The quantitative estimate of drug-likeness (QED) is 0.621. The van der Waals surface area contributed by atoms with Crippen molar-refractivity contribution in [3.05, 3.63) is 65.7 Å². The first kappa shape index (κ1) is 18.7. The van der Waals surface area contributed by atoms with Gasteiger partial charge in [-0.1, -0.05) is 18.2 Å². The molecule has 5 nitrogen and oxygen atoms in total. The first-order valence-electron chi connectivity index (χ1n) is 8.37. The Labute approximate surface area is 148 Å². The van der Waals surface area contributed by atoms with Crippen molar-refractivity contribution in [3.8, 4) is 0 Å². The number of ether oxygens (including phenoxy) is 1. The maximum absolute atomic E-state index is 12.1. The van der Waals surface area contributed by atoms with Crippen molar-refractivity contribution in [3.63, 3.8) is 0 Å². The van der Waals surface area contributed by atoms with Gasteiger partial charge in [0.1, 0.15) is 13.2 Å². The molecule has 0 saturated heterocycles. The standard InChI is InChI=1S/C20H24N2O3/c1-4-22(2,3)14-15-25-20(24)17-10-12-18(13-11-17)21-19(23)16-8-6-5-7-9-16/h5-13H,4,14-15H2,1-3H3/p+1. The molecule has 0 spiro atoms. The normalized spacial score (nSPS) is 11.0. The molecule has 0 unspecified atom stereocenters. The van der Waals surface area contributed by atoms with Crippen LogP contribution in [0.2, 0.25) is 0 Å². The van der Waals surface area contributed by atoms with E-state index in [4.69, 9.17) is 4.74 Å². The van der Waals surface area contributed by atoms with Crippen LogP contribution in [0.15, 0.2) is 54.6 Å². The topological polar surface area (TPSA) is 55.4 Å². The molecule has 0 aromatic heterocycles. The number of esters is 1. The smallest absolute Gasteiger partial charge is 0.338 e. The second-order valence-corrected chi connectivity index (χ2v) is 6.51. The predicted molar refractivity (Wildman–Crippen MR) is 98.6 cm³/mol. The van der Waals surface area contributed by atoms with Crippen LogP contribution in [0.25, 0.3) is 0 Å². The van der Waals surface area contributed by atoms with Gasteiger partial charge in [-0.15, -0.1) is 0 Å². The highest BCUT2D eigenvalue weighted by Crippen LogP contribution is 2.12. The zero-order chi connectivity index (χ0) is 18.3. The number of rotatable bonds is 7.